The highest BCUT2D eigenvalue weighted by Gasteiger charge is 2.40. The number of nitrogens with zero attached hydrogens (tertiary/aromatic N) is 2. The molecule has 3 heteroatoms. The van der Waals surface area contributed by atoms with Crippen molar-refractivity contribution in [1.82, 2.24) is 9.55 Å². The van der Waals surface area contributed by atoms with Gasteiger partial charge in [0, 0.05) is 39.4 Å². The molecule has 0 aliphatic carbocycles. The number of ether oxygens (including phenoxy) is 1. The quantitative estimate of drug-likeness (QED) is 0.246. The van der Waals surface area contributed by atoms with E-state index in [0.717, 1.165) is 39.7 Å². The molecule has 3 nitrogen and oxygen atoms in total. The monoisotopic (exact) mass is 492 g/mol. The van der Waals surface area contributed by atoms with E-state index < -0.39 is 0 Å². The number of fused-ring (bicyclic) bond motifs is 4. The molecular weight excluding hydrogens is 464 g/mol. The van der Waals surface area contributed by atoms with Crippen LogP contribution in [0.15, 0.2) is 115 Å². The lowest BCUT2D eigenvalue weighted by molar-refractivity contribution is 0.399. The lowest BCUT2D eigenvalue weighted by Crippen LogP contribution is -2.24. The molecule has 4 aromatic carbocycles. The van der Waals surface area contributed by atoms with Crippen LogP contribution in [0.1, 0.15) is 30.5 Å². The zero-order chi connectivity index (χ0) is 25.9. The second kappa shape index (κ2) is 8.46. The summed E-state index contributed by atoms with van der Waals surface area (Å²) in [6.07, 6.45) is 1.94. The second-order valence-corrected chi connectivity index (χ2v) is 10.6. The highest BCUT2D eigenvalue weighted by Crippen LogP contribution is 2.54. The molecule has 0 spiro atoms. The Morgan fingerprint density at radius 1 is 0.737 bits per heavy atom. The average Bonchev–Trinajstić information content (AvgIpc) is 3.29. The molecular formula is C35H28N2O. The summed E-state index contributed by atoms with van der Waals surface area (Å²) in [5.74, 6) is 1.77. The number of pyridine rings is 1. The fraction of sp³-hybridized carbons (Fsp3) is 0.114. The summed E-state index contributed by atoms with van der Waals surface area (Å²) in [5, 5.41) is 1.18. The predicted molar refractivity (Wildman–Crippen MR) is 155 cm³/mol. The fourth-order valence-corrected chi connectivity index (χ4v) is 5.86. The van der Waals surface area contributed by atoms with Crippen molar-refractivity contribution in [2.75, 3.05) is 0 Å². The third-order valence-corrected chi connectivity index (χ3v) is 7.74. The van der Waals surface area contributed by atoms with Crippen LogP contribution >= 0.6 is 0 Å². The van der Waals surface area contributed by atoms with Crippen molar-refractivity contribution in [3.8, 4) is 39.7 Å². The molecule has 184 valence electrons. The molecule has 0 N–H and O–H groups in total. The molecule has 0 atom stereocenters. The molecule has 0 radical (unpaired) electrons. The van der Waals surface area contributed by atoms with Gasteiger partial charge in [0.2, 0.25) is 5.88 Å². The van der Waals surface area contributed by atoms with Gasteiger partial charge in [0.1, 0.15) is 5.75 Å². The summed E-state index contributed by atoms with van der Waals surface area (Å²) < 4.78 is 9.07. The van der Waals surface area contributed by atoms with Crippen LogP contribution in [0.4, 0.5) is 0 Å². The van der Waals surface area contributed by atoms with Crippen LogP contribution in [0.5, 0.6) is 11.6 Å². The Bertz CT molecular complexity index is 1810. The van der Waals surface area contributed by atoms with E-state index in [-0.39, 0.29) is 5.41 Å². The molecule has 0 bridgehead atoms. The minimum absolute atomic E-state index is 0.272. The number of rotatable bonds is 3. The lowest BCUT2D eigenvalue weighted by atomic mass is 9.75. The minimum Gasteiger partial charge on any atom is -0.440 e. The van der Waals surface area contributed by atoms with E-state index in [0.29, 0.717) is 0 Å². The molecule has 0 amide bonds. The topological polar surface area (TPSA) is 27.1 Å². The second-order valence-electron chi connectivity index (χ2n) is 10.6. The molecule has 0 fully saturated rings. The van der Waals surface area contributed by atoms with Crippen molar-refractivity contribution in [2.24, 2.45) is 0 Å². The standard InChI is InChI=1S/C35H28N2O/c1-23-19-20-29(36-22-23)27-15-10-17-30-32(27)33-34(38-31-18-8-7-16-28(31)35(33,2)3)37(30)26-14-9-13-25(21-26)24-11-5-4-6-12-24/h4-22H,1-3H3. The van der Waals surface area contributed by atoms with E-state index in [4.69, 9.17) is 9.72 Å². The molecule has 0 saturated heterocycles. The van der Waals surface area contributed by atoms with E-state index in [1.807, 2.05) is 12.3 Å². The largest absolute Gasteiger partial charge is 0.440 e. The average molecular weight is 493 g/mol. The molecule has 0 saturated carbocycles. The highest BCUT2D eigenvalue weighted by molar-refractivity contribution is 6.02. The maximum absolute atomic E-state index is 6.78. The van der Waals surface area contributed by atoms with Gasteiger partial charge in [0.25, 0.3) is 0 Å². The van der Waals surface area contributed by atoms with Gasteiger partial charge >= 0.3 is 0 Å². The van der Waals surface area contributed by atoms with Crippen molar-refractivity contribution >= 4 is 10.9 Å². The van der Waals surface area contributed by atoms with Crippen LogP contribution in [-0.2, 0) is 5.41 Å². The smallest absolute Gasteiger partial charge is 0.209 e. The van der Waals surface area contributed by atoms with E-state index in [1.165, 1.54) is 27.6 Å². The highest BCUT2D eigenvalue weighted by atomic mass is 16.5. The van der Waals surface area contributed by atoms with Gasteiger partial charge in [-0.2, -0.15) is 0 Å². The molecule has 6 aromatic rings. The summed E-state index contributed by atoms with van der Waals surface area (Å²) >= 11 is 0. The van der Waals surface area contributed by atoms with Crippen LogP contribution in [0.25, 0.3) is 39.0 Å². The van der Waals surface area contributed by atoms with Crippen molar-refractivity contribution < 1.29 is 4.74 Å². The first-order valence-corrected chi connectivity index (χ1v) is 13.1. The first-order chi connectivity index (χ1) is 18.5. The predicted octanol–water partition coefficient (Wildman–Crippen LogP) is 9.10. The number of hydrogen-bond acceptors (Lipinski definition) is 2. The van der Waals surface area contributed by atoms with Crippen LogP contribution in [0, 0.1) is 6.92 Å². The van der Waals surface area contributed by atoms with E-state index in [9.17, 15) is 0 Å². The molecule has 1 aliphatic heterocycles. The van der Waals surface area contributed by atoms with Gasteiger partial charge in [-0.15, -0.1) is 0 Å². The Morgan fingerprint density at radius 2 is 1.50 bits per heavy atom. The third-order valence-electron chi connectivity index (χ3n) is 7.74. The molecule has 38 heavy (non-hydrogen) atoms. The van der Waals surface area contributed by atoms with E-state index in [2.05, 4.69) is 128 Å². The van der Waals surface area contributed by atoms with Crippen LogP contribution in [0.2, 0.25) is 0 Å². The molecule has 0 unspecified atom stereocenters. The maximum atomic E-state index is 6.78. The molecule has 3 heterocycles. The Morgan fingerprint density at radius 3 is 2.32 bits per heavy atom. The first-order valence-electron chi connectivity index (χ1n) is 13.1. The summed E-state index contributed by atoms with van der Waals surface area (Å²) in [5.41, 5.74) is 9.89. The Labute approximate surface area is 223 Å². The van der Waals surface area contributed by atoms with Gasteiger partial charge in [0.15, 0.2) is 0 Å². The summed E-state index contributed by atoms with van der Waals surface area (Å²) in [6, 6.07) is 38.4. The van der Waals surface area contributed by atoms with Gasteiger partial charge in [-0.25, -0.2) is 0 Å². The minimum atomic E-state index is -0.272. The van der Waals surface area contributed by atoms with Gasteiger partial charge < -0.3 is 4.74 Å². The Kier molecular flexibility index (Phi) is 5.02. The van der Waals surface area contributed by atoms with Crippen LogP contribution in [0.3, 0.4) is 0 Å². The van der Waals surface area contributed by atoms with Crippen molar-refractivity contribution in [3.63, 3.8) is 0 Å². The fourth-order valence-electron chi connectivity index (χ4n) is 5.86. The summed E-state index contributed by atoms with van der Waals surface area (Å²) in [4.78, 5) is 4.83. The number of hydrogen-bond donors (Lipinski definition) is 0. The first kappa shape index (κ1) is 22.6. The molecule has 2 aromatic heterocycles. The summed E-state index contributed by atoms with van der Waals surface area (Å²) in [6.45, 7) is 6.68. The lowest BCUT2D eigenvalue weighted by Gasteiger charge is -2.33. The Hall–Kier alpha value is -4.63. The van der Waals surface area contributed by atoms with Gasteiger partial charge in [-0.3, -0.25) is 9.55 Å². The zero-order valence-corrected chi connectivity index (χ0v) is 21.8. The molecule has 7 rings (SSSR count). The van der Waals surface area contributed by atoms with Gasteiger partial charge in [-0.05, 0) is 53.9 Å². The SMILES string of the molecule is Cc1ccc(-c2cccc3c2c2c(n3-c3cccc(-c4ccccc4)c3)Oc3ccccc3C2(C)C)nc1. The van der Waals surface area contributed by atoms with Crippen LogP contribution in [-0.4, -0.2) is 9.55 Å². The summed E-state index contributed by atoms with van der Waals surface area (Å²) in [7, 11) is 0. The van der Waals surface area contributed by atoms with E-state index >= 15 is 0 Å². The van der Waals surface area contributed by atoms with Crippen molar-refractivity contribution in [2.45, 2.75) is 26.2 Å². The molecule has 1 aliphatic rings. The van der Waals surface area contributed by atoms with E-state index in [1.54, 1.807) is 0 Å². The van der Waals surface area contributed by atoms with Crippen molar-refractivity contribution in [3.05, 3.63) is 132 Å². The number of aromatic nitrogens is 2. The van der Waals surface area contributed by atoms with Crippen molar-refractivity contribution in [1.29, 1.82) is 0 Å². The number of aryl methyl sites for hydroxylation is 1. The third kappa shape index (κ3) is 3.39. The van der Waals surface area contributed by atoms with Gasteiger partial charge in [-0.1, -0.05) is 92.7 Å². The zero-order valence-electron chi connectivity index (χ0n) is 21.8. The maximum Gasteiger partial charge on any atom is 0.209 e. The number of benzene rings is 4. The normalized spacial score (nSPS) is 13.6. The van der Waals surface area contributed by atoms with Crippen LogP contribution < -0.4 is 4.74 Å². The van der Waals surface area contributed by atoms with Gasteiger partial charge in [0.05, 0.1) is 11.2 Å². The Balaban J connectivity index is 1.57. The number of para-hydroxylation sites is 1.